The maximum atomic E-state index is 6.13. The minimum atomic E-state index is -0.0563. The van der Waals surface area contributed by atoms with Gasteiger partial charge in [-0.05, 0) is 30.5 Å². The maximum absolute atomic E-state index is 6.13. The summed E-state index contributed by atoms with van der Waals surface area (Å²) < 4.78 is 2.08. The van der Waals surface area contributed by atoms with Crippen molar-refractivity contribution in [2.45, 2.75) is 18.9 Å². The second-order valence-electron chi connectivity index (χ2n) is 5.48. The highest BCUT2D eigenvalue weighted by Crippen LogP contribution is 2.47. The second-order valence-corrected chi connectivity index (χ2v) is 5.48. The monoisotopic (exact) mass is 237 g/mol. The number of imidazole rings is 1. The highest BCUT2D eigenvalue weighted by atomic mass is 15.0. The molecular weight excluding hydrogens is 222 g/mol. The number of hydrogen-bond acceptors (Lipinski definition) is 2. The Morgan fingerprint density at radius 3 is 3.11 bits per heavy atom. The van der Waals surface area contributed by atoms with E-state index in [1.54, 1.807) is 0 Å². The highest BCUT2D eigenvalue weighted by Gasteiger charge is 2.49. The molecule has 90 valence electrons. The van der Waals surface area contributed by atoms with Gasteiger partial charge in [-0.2, -0.15) is 0 Å². The summed E-state index contributed by atoms with van der Waals surface area (Å²) >= 11 is 0. The Labute approximate surface area is 106 Å². The van der Waals surface area contributed by atoms with Crippen LogP contribution in [-0.4, -0.2) is 14.9 Å². The number of nitrogens with two attached hydrogens (primary N) is 1. The molecule has 0 spiro atoms. The maximum Gasteiger partial charge on any atom is 0.137 e. The standard InChI is InChI=1S/C15H15N3/c1-10-2-3-14-17-13(9-18(14)8-10)11-4-5-15(16)7-12(15)6-11/h2-6,8-9,12H,7,16H2,1H3. The van der Waals surface area contributed by atoms with E-state index in [2.05, 4.69) is 59.1 Å². The van der Waals surface area contributed by atoms with Gasteiger partial charge in [0.05, 0.1) is 5.69 Å². The topological polar surface area (TPSA) is 43.3 Å². The van der Waals surface area contributed by atoms with Crippen LogP contribution in [0.5, 0.6) is 0 Å². The third-order valence-electron chi connectivity index (χ3n) is 3.95. The summed E-state index contributed by atoms with van der Waals surface area (Å²) in [5.41, 5.74) is 10.5. The van der Waals surface area contributed by atoms with Crippen molar-refractivity contribution in [3.63, 3.8) is 0 Å². The predicted molar refractivity (Wildman–Crippen MR) is 72.1 cm³/mol. The minimum Gasteiger partial charge on any atom is -0.321 e. The van der Waals surface area contributed by atoms with Crippen LogP contribution < -0.4 is 5.73 Å². The Bertz CT molecular complexity index is 708. The van der Waals surface area contributed by atoms with Crippen molar-refractivity contribution in [2.75, 3.05) is 0 Å². The molecule has 2 aliphatic carbocycles. The molecule has 1 fully saturated rings. The smallest absolute Gasteiger partial charge is 0.137 e. The summed E-state index contributed by atoms with van der Waals surface area (Å²) in [6.07, 6.45) is 11.8. The molecule has 0 aromatic carbocycles. The first-order chi connectivity index (χ1) is 8.64. The molecule has 2 atom stereocenters. The van der Waals surface area contributed by atoms with E-state index >= 15 is 0 Å². The first-order valence-corrected chi connectivity index (χ1v) is 6.30. The lowest BCUT2D eigenvalue weighted by Crippen LogP contribution is -2.22. The zero-order chi connectivity index (χ0) is 12.3. The van der Waals surface area contributed by atoms with Crippen LogP contribution in [0.4, 0.5) is 0 Å². The number of nitrogens with zero attached hydrogens (tertiary/aromatic N) is 2. The van der Waals surface area contributed by atoms with E-state index < -0.39 is 0 Å². The Hall–Kier alpha value is -1.87. The number of hydrogen-bond donors (Lipinski definition) is 1. The van der Waals surface area contributed by atoms with Crippen molar-refractivity contribution in [3.05, 3.63) is 54.0 Å². The SMILES string of the molecule is Cc1ccc2nc(C3=CC4CC4(N)C=C3)cn2c1. The van der Waals surface area contributed by atoms with Crippen LogP contribution in [0.1, 0.15) is 17.7 Å². The van der Waals surface area contributed by atoms with E-state index in [9.17, 15) is 0 Å². The van der Waals surface area contributed by atoms with Crippen LogP contribution in [0.3, 0.4) is 0 Å². The van der Waals surface area contributed by atoms with Gasteiger partial charge in [0.15, 0.2) is 0 Å². The zero-order valence-electron chi connectivity index (χ0n) is 10.3. The fraction of sp³-hybridized carbons (Fsp3) is 0.267. The van der Waals surface area contributed by atoms with Crippen LogP contribution in [0, 0.1) is 12.8 Å². The lowest BCUT2D eigenvalue weighted by atomic mass is 10.0. The number of aromatic nitrogens is 2. The van der Waals surface area contributed by atoms with Gasteiger partial charge in [0, 0.05) is 23.9 Å². The Kier molecular flexibility index (Phi) is 1.75. The highest BCUT2D eigenvalue weighted by molar-refractivity contribution is 5.76. The van der Waals surface area contributed by atoms with Gasteiger partial charge in [0.2, 0.25) is 0 Å². The van der Waals surface area contributed by atoms with E-state index in [4.69, 9.17) is 5.73 Å². The largest absolute Gasteiger partial charge is 0.321 e. The Balaban J connectivity index is 1.80. The molecule has 0 aliphatic heterocycles. The van der Waals surface area contributed by atoms with Gasteiger partial charge in [0.25, 0.3) is 0 Å². The Morgan fingerprint density at radius 1 is 1.39 bits per heavy atom. The van der Waals surface area contributed by atoms with Gasteiger partial charge in [0.1, 0.15) is 5.65 Å². The fourth-order valence-corrected chi connectivity index (χ4v) is 2.66. The average molecular weight is 237 g/mol. The molecule has 18 heavy (non-hydrogen) atoms. The molecule has 2 heterocycles. The number of allylic oxidation sites excluding steroid dienone is 2. The van der Waals surface area contributed by atoms with Gasteiger partial charge >= 0.3 is 0 Å². The number of aryl methyl sites for hydroxylation is 1. The lowest BCUT2D eigenvalue weighted by Gasteiger charge is -2.09. The van der Waals surface area contributed by atoms with Crippen molar-refractivity contribution in [1.29, 1.82) is 0 Å². The van der Waals surface area contributed by atoms with Gasteiger partial charge in [-0.15, -0.1) is 0 Å². The fourth-order valence-electron chi connectivity index (χ4n) is 2.66. The van der Waals surface area contributed by atoms with E-state index in [1.807, 2.05) is 0 Å². The van der Waals surface area contributed by atoms with Crippen molar-refractivity contribution >= 4 is 11.2 Å². The molecule has 0 amide bonds. The van der Waals surface area contributed by atoms with Crippen LogP contribution in [0.25, 0.3) is 11.2 Å². The zero-order valence-corrected chi connectivity index (χ0v) is 10.3. The summed E-state index contributed by atoms with van der Waals surface area (Å²) in [5, 5.41) is 0. The van der Waals surface area contributed by atoms with Gasteiger partial charge < -0.3 is 10.1 Å². The predicted octanol–water partition coefficient (Wildman–Crippen LogP) is 2.31. The molecule has 3 nitrogen and oxygen atoms in total. The van der Waals surface area contributed by atoms with E-state index in [1.165, 1.54) is 11.1 Å². The molecule has 3 heteroatoms. The van der Waals surface area contributed by atoms with Crippen LogP contribution in [-0.2, 0) is 0 Å². The summed E-state index contributed by atoms with van der Waals surface area (Å²) in [4.78, 5) is 4.66. The van der Waals surface area contributed by atoms with E-state index in [0.717, 1.165) is 17.8 Å². The molecule has 0 bridgehead atoms. The molecule has 0 saturated heterocycles. The second kappa shape index (κ2) is 3.12. The molecule has 2 unspecified atom stereocenters. The van der Waals surface area contributed by atoms with Gasteiger partial charge in [-0.3, -0.25) is 0 Å². The molecule has 1 saturated carbocycles. The molecule has 4 rings (SSSR count). The van der Waals surface area contributed by atoms with Crippen molar-refractivity contribution in [2.24, 2.45) is 11.7 Å². The molecular formula is C15H15N3. The minimum absolute atomic E-state index is 0.0563. The summed E-state index contributed by atoms with van der Waals surface area (Å²) in [7, 11) is 0. The van der Waals surface area contributed by atoms with Gasteiger partial charge in [-0.25, -0.2) is 4.98 Å². The van der Waals surface area contributed by atoms with Crippen LogP contribution >= 0.6 is 0 Å². The summed E-state index contributed by atoms with van der Waals surface area (Å²) in [5.74, 6) is 0.504. The normalized spacial score (nSPS) is 29.2. The Morgan fingerprint density at radius 2 is 2.28 bits per heavy atom. The third kappa shape index (κ3) is 1.37. The molecule has 2 N–H and O–H groups in total. The number of pyridine rings is 1. The first-order valence-electron chi connectivity index (χ1n) is 6.30. The van der Waals surface area contributed by atoms with Crippen molar-refractivity contribution in [1.82, 2.24) is 9.38 Å². The van der Waals surface area contributed by atoms with E-state index in [-0.39, 0.29) is 5.54 Å². The average Bonchev–Trinajstić information content (AvgIpc) is 2.84. The third-order valence-corrected chi connectivity index (χ3v) is 3.95. The van der Waals surface area contributed by atoms with Crippen molar-refractivity contribution in [3.8, 4) is 0 Å². The molecule has 2 aliphatic rings. The van der Waals surface area contributed by atoms with Gasteiger partial charge in [-0.1, -0.05) is 24.3 Å². The summed E-state index contributed by atoms with van der Waals surface area (Å²) in [6.45, 7) is 2.09. The van der Waals surface area contributed by atoms with Crippen molar-refractivity contribution < 1.29 is 0 Å². The molecule has 2 aromatic heterocycles. The summed E-state index contributed by atoms with van der Waals surface area (Å²) in [6, 6.07) is 4.14. The lowest BCUT2D eigenvalue weighted by molar-refractivity contribution is 0.793. The quantitative estimate of drug-likeness (QED) is 0.827. The first kappa shape index (κ1) is 10.1. The number of rotatable bonds is 1. The van der Waals surface area contributed by atoms with Crippen LogP contribution in [0.15, 0.2) is 42.8 Å². The number of fused-ring (bicyclic) bond motifs is 2. The molecule has 2 aromatic rings. The van der Waals surface area contributed by atoms with E-state index in [0.29, 0.717) is 5.92 Å². The molecule has 0 radical (unpaired) electrons. The van der Waals surface area contributed by atoms with Crippen LogP contribution in [0.2, 0.25) is 0 Å².